The van der Waals surface area contributed by atoms with Crippen LogP contribution in [0.1, 0.15) is 32.4 Å². The van der Waals surface area contributed by atoms with Gasteiger partial charge >= 0.3 is 5.91 Å². The van der Waals surface area contributed by atoms with Gasteiger partial charge in [0.15, 0.2) is 0 Å². The zero-order valence-electron chi connectivity index (χ0n) is 10.2. The van der Waals surface area contributed by atoms with Crippen molar-refractivity contribution in [2.75, 3.05) is 0 Å². The molecular weight excluding hydrogens is 216 g/mol. The van der Waals surface area contributed by atoms with E-state index in [4.69, 9.17) is 0 Å². The lowest BCUT2D eigenvalue weighted by Crippen LogP contribution is -2.49. The van der Waals surface area contributed by atoms with Gasteiger partial charge in [0.25, 0.3) is 0 Å². The second-order valence-electron chi connectivity index (χ2n) is 5.15. The summed E-state index contributed by atoms with van der Waals surface area (Å²) in [5.41, 5.74) is 3.39. The fourth-order valence-electron chi connectivity index (χ4n) is 1.85. The number of benzene rings is 1. The van der Waals surface area contributed by atoms with Crippen LogP contribution >= 0.6 is 0 Å². The molecule has 1 saturated heterocycles. The first-order chi connectivity index (χ1) is 7.91. The van der Waals surface area contributed by atoms with Gasteiger partial charge < -0.3 is 0 Å². The van der Waals surface area contributed by atoms with Crippen molar-refractivity contribution < 1.29 is 9.59 Å². The number of hydrogen-bond donors (Lipinski definition) is 1. The molecule has 1 unspecified atom stereocenters. The highest BCUT2D eigenvalue weighted by atomic mass is 16.2. The molecule has 0 radical (unpaired) electrons. The standard InChI is InChI=1S/C13H16N2O2/c1-13(2,3)15-12(17)11(16)10(14-15)9-7-5-4-6-8-9/h4-8,10,14H,1-3H3. The first-order valence-electron chi connectivity index (χ1n) is 5.61. The molecule has 0 spiro atoms. The van der Waals surface area contributed by atoms with Gasteiger partial charge in [-0.2, -0.15) is 0 Å². The molecule has 1 aliphatic heterocycles. The fraction of sp³-hybridized carbons (Fsp3) is 0.385. The van der Waals surface area contributed by atoms with Crippen LogP contribution in [0.4, 0.5) is 0 Å². The summed E-state index contributed by atoms with van der Waals surface area (Å²) in [6, 6.07) is 8.72. The van der Waals surface area contributed by atoms with E-state index < -0.39 is 23.3 Å². The SMILES string of the molecule is CC(C)(C)N1NC(c2ccccc2)C(=O)C1=O. The molecule has 1 aliphatic rings. The highest BCUT2D eigenvalue weighted by molar-refractivity contribution is 6.39. The summed E-state index contributed by atoms with van der Waals surface area (Å²) < 4.78 is 0. The maximum absolute atomic E-state index is 11.9. The Morgan fingerprint density at radius 2 is 1.71 bits per heavy atom. The molecule has 0 saturated carbocycles. The predicted octanol–water partition coefficient (Wildman–Crippen LogP) is 1.44. The Morgan fingerprint density at radius 3 is 2.18 bits per heavy atom. The Bertz CT molecular complexity index is 448. The highest BCUT2D eigenvalue weighted by Crippen LogP contribution is 2.25. The van der Waals surface area contributed by atoms with Gasteiger partial charge in [-0.1, -0.05) is 30.3 Å². The number of rotatable bonds is 1. The lowest BCUT2D eigenvalue weighted by atomic mass is 10.0. The number of nitrogens with one attached hydrogen (secondary N) is 1. The average Bonchev–Trinajstić information content (AvgIpc) is 2.57. The summed E-state index contributed by atoms with van der Waals surface area (Å²) in [4.78, 5) is 23.8. The van der Waals surface area contributed by atoms with Crippen LogP contribution in [0.3, 0.4) is 0 Å². The van der Waals surface area contributed by atoms with Crippen LogP contribution in [0, 0.1) is 0 Å². The Kier molecular flexibility index (Phi) is 2.75. The van der Waals surface area contributed by atoms with Gasteiger partial charge in [0.05, 0.1) is 5.54 Å². The molecule has 4 nitrogen and oxygen atoms in total. The summed E-state index contributed by atoms with van der Waals surface area (Å²) in [5.74, 6) is -0.863. The van der Waals surface area contributed by atoms with Gasteiger partial charge in [-0.05, 0) is 26.3 Å². The van der Waals surface area contributed by atoms with E-state index in [-0.39, 0.29) is 0 Å². The van der Waals surface area contributed by atoms with Crippen molar-refractivity contribution in [1.29, 1.82) is 0 Å². The lowest BCUT2D eigenvalue weighted by molar-refractivity contribution is -0.143. The number of carbonyl (C=O) groups is 2. The number of Topliss-reactive ketones (excluding diaryl/α,β-unsaturated/α-hetero) is 1. The third-order valence-electron chi connectivity index (χ3n) is 2.74. The molecular formula is C13H16N2O2. The molecule has 1 aromatic carbocycles. The van der Waals surface area contributed by atoms with Crippen LogP contribution in [0.15, 0.2) is 30.3 Å². The third-order valence-corrected chi connectivity index (χ3v) is 2.74. The van der Waals surface area contributed by atoms with E-state index >= 15 is 0 Å². The van der Waals surface area contributed by atoms with Gasteiger partial charge in [-0.15, -0.1) is 0 Å². The fourth-order valence-corrected chi connectivity index (χ4v) is 1.85. The molecule has 1 atom stereocenters. The molecule has 1 N–H and O–H groups in total. The molecule has 0 aromatic heterocycles. The van der Waals surface area contributed by atoms with Crippen molar-refractivity contribution in [3.63, 3.8) is 0 Å². The van der Waals surface area contributed by atoms with E-state index in [9.17, 15) is 9.59 Å². The number of carbonyl (C=O) groups excluding carboxylic acids is 2. The minimum absolute atomic E-state index is 0.397. The second-order valence-corrected chi connectivity index (χ2v) is 5.15. The van der Waals surface area contributed by atoms with Gasteiger partial charge in [0.2, 0.25) is 5.78 Å². The molecule has 2 rings (SSSR count). The zero-order valence-corrected chi connectivity index (χ0v) is 10.2. The van der Waals surface area contributed by atoms with Crippen molar-refractivity contribution in [3.05, 3.63) is 35.9 Å². The summed E-state index contributed by atoms with van der Waals surface area (Å²) in [5, 5.41) is 1.41. The van der Waals surface area contributed by atoms with Gasteiger partial charge in [-0.3, -0.25) is 14.6 Å². The van der Waals surface area contributed by atoms with Crippen molar-refractivity contribution in [1.82, 2.24) is 10.4 Å². The Morgan fingerprint density at radius 1 is 1.12 bits per heavy atom. The van der Waals surface area contributed by atoms with Crippen molar-refractivity contribution >= 4 is 11.7 Å². The molecule has 1 aromatic rings. The summed E-state index contributed by atoms with van der Waals surface area (Å²) >= 11 is 0. The first-order valence-corrected chi connectivity index (χ1v) is 5.61. The van der Waals surface area contributed by atoms with Crippen molar-refractivity contribution in [2.45, 2.75) is 32.4 Å². The van der Waals surface area contributed by atoms with Gasteiger partial charge in [-0.25, -0.2) is 5.43 Å². The van der Waals surface area contributed by atoms with E-state index in [2.05, 4.69) is 5.43 Å². The third kappa shape index (κ3) is 2.08. The van der Waals surface area contributed by atoms with Crippen LogP contribution in [-0.4, -0.2) is 22.2 Å². The quantitative estimate of drug-likeness (QED) is 0.745. The molecule has 4 heteroatoms. The Labute approximate surface area is 101 Å². The average molecular weight is 232 g/mol. The van der Waals surface area contributed by atoms with Crippen LogP contribution in [0.25, 0.3) is 0 Å². The molecule has 0 bridgehead atoms. The summed E-state index contributed by atoms with van der Waals surface area (Å²) in [7, 11) is 0. The molecule has 90 valence electrons. The van der Waals surface area contributed by atoms with Crippen molar-refractivity contribution in [3.8, 4) is 0 Å². The first kappa shape index (κ1) is 11.8. The maximum atomic E-state index is 11.9. The van der Waals surface area contributed by atoms with Crippen molar-refractivity contribution in [2.24, 2.45) is 0 Å². The Hall–Kier alpha value is -1.68. The monoisotopic (exact) mass is 232 g/mol. The minimum Gasteiger partial charge on any atom is -0.286 e. The molecule has 17 heavy (non-hydrogen) atoms. The zero-order chi connectivity index (χ0) is 12.6. The van der Waals surface area contributed by atoms with Gasteiger partial charge in [0, 0.05) is 0 Å². The van der Waals surface area contributed by atoms with Crippen LogP contribution in [-0.2, 0) is 9.59 Å². The number of amides is 1. The molecule has 1 heterocycles. The highest BCUT2D eigenvalue weighted by Gasteiger charge is 2.43. The predicted molar refractivity (Wildman–Crippen MR) is 63.9 cm³/mol. The normalized spacial score (nSPS) is 21.1. The van der Waals surface area contributed by atoms with Gasteiger partial charge in [0.1, 0.15) is 6.04 Å². The van der Waals surface area contributed by atoms with E-state index in [0.717, 1.165) is 5.56 Å². The van der Waals surface area contributed by atoms with E-state index in [1.165, 1.54) is 5.01 Å². The molecule has 1 amide bonds. The number of nitrogens with zero attached hydrogens (tertiary/aromatic N) is 1. The topological polar surface area (TPSA) is 49.4 Å². The maximum Gasteiger partial charge on any atom is 0.306 e. The minimum atomic E-state index is -0.553. The number of ketones is 1. The van der Waals surface area contributed by atoms with E-state index in [1.807, 2.05) is 51.1 Å². The number of hydrazine groups is 1. The van der Waals surface area contributed by atoms with Crippen LogP contribution in [0.2, 0.25) is 0 Å². The lowest BCUT2D eigenvalue weighted by Gasteiger charge is -2.31. The van der Waals surface area contributed by atoms with E-state index in [1.54, 1.807) is 0 Å². The molecule has 1 fully saturated rings. The summed E-state index contributed by atoms with van der Waals surface area (Å²) in [6.45, 7) is 5.66. The largest absolute Gasteiger partial charge is 0.306 e. The smallest absolute Gasteiger partial charge is 0.286 e. The molecule has 0 aliphatic carbocycles. The van der Waals surface area contributed by atoms with Crippen LogP contribution in [0.5, 0.6) is 0 Å². The van der Waals surface area contributed by atoms with E-state index in [0.29, 0.717) is 0 Å². The Balaban J connectivity index is 2.30. The summed E-state index contributed by atoms with van der Waals surface area (Å²) in [6.07, 6.45) is 0. The number of hydrogen-bond acceptors (Lipinski definition) is 3. The van der Waals surface area contributed by atoms with Crippen LogP contribution < -0.4 is 5.43 Å². The second kappa shape index (κ2) is 3.96.